The molecule has 1 aromatic carbocycles. The van der Waals surface area contributed by atoms with Crippen LogP contribution in [0.15, 0.2) is 42.7 Å². The largest absolute Gasteiger partial charge is 0.374 e. The minimum Gasteiger partial charge on any atom is -0.374 e. The highest BCUT2D eigenvalue weighted by atomic mass is 16.2. The molecular formula is C16H19N5O2. The fourth-order valence-electron chi connectivity index (χ4n) is 2.57. The van der Waals surface area contributed by atoms with E-state index in [-0.39, 0.29) is 11.9 Å². The Bertz CT molecular complexity index is 698. The topological polar surface area (TPSA) is 79.3 Å². The Hall–Kier alpha value is -2.83. The van der Waals surface area contributed by atoms with Gasteiger partial charge in [0.05, 0.1) is 6.54 Å². The second-order valence-electron chi connectivity index (χ2n) is 5.49. The summed E-state index contributed by atoms with van der Waals surface area (Å²) < 4.78 is 1.84. The number of anilines is 1. The summed E-state index contributed by atoms with van der Waals surface area (Å²) in [6, 6.07) is 8.91. The quantitative estimate of drug-likeness (QED) is 0.871. The Morgan fingerprint density at radius 3 is 3.00 bits per heavy atom. The smallest absolute Gasteiger partial charge is 0.324 e. The van der Waals surface area contributed by atoms with Crippen molar-refractivity contribution >= 4 is 17.6 Å². The Morgan fingerprint density at radius 1 is 1.43 bits per heavy atom. The van der Waals surface area contributed by atoms with Crippen molar-refractivity contribution in [3.63, 3.8) is 0 Å². The van der Waals surface area contributed by atoms with Crippen molar-refractivity contribution in [1.82, 2.24) is 20.0 Å². The van der Waals surface area contributed by atoms with Gasteiger partial charge in [0.15, 0.2) is 0 Å². The Kier molecular flexibility index (Phi) is 4.27. The van der Waals surface area contributed by atoms with E-state index in [2.05, 4.69) is 15.7 Å². The highest BCUT2D eigenvalue weighted by Gasteiger charge is 2.29. The van der Waals surface area contributed by atoms with Gasteiger partial charge in [-0.3, -0.25) is 14.4 Å². The van der Waals surface area contributed by atoms with Crippen molar-refractivity contribution in [2.45, 2.75) is 19.5 Å². The molecule has 3 rings (SSSR count). The van der Waals surface area contributed by atoms with E-state index in [0.717, 1.165) is 11.3 Å². The van der Waals surface area contributed by atoms with E-state index in [4.69, 9.17) is 0 Å². The van der Waals surface area contributed by atoms with Crippen LogP contribution in [0.2, 0.25) is 0 Å². The molecule has 2 heterocycles. The summed E-state index contributed by atoms with van der Waals surface area (Å²) in [5.74, 6) is -0.225. The van der Waals surface area contributed by atoms with Gasteiger partial charge in [-0.1, -0.05) is 12.1 Å². The van der Waals surface area contributed by atoms with Crippen molar-refractivity contribution in [3.8, 4) is 0 Å². The maximum Gasteiger partial charge on any atom is 0.324 e. The summed E-state index contributed by atoms with van der Waals surface area (Å²) >= 11 is 0. The predicted molar refractivity (Wildman–Crippen MR) is 86.0 cm³/mol. The third-order valence-corrected chi connectivity index (χ3v) is 3.71. The number of nitrogens with zero attached hydrogens (tertiary/aromatic N) is 3. The van der Waals surface area contributed by atoms with Crippen molar-refractivity contribution in [2.24, 2.45) is 0 Å². The number of rotatable bonds is 5. The van der Waals surface area contributed by atoms with Gasteiger partial charge in [0.25, 0.3) is 5.91 Å². The number of aromatic nitrogens is 2. The minimum atomic E-state index is -0.473. The molecule has 0 radical (unpaired) electrons. The zero-order valence-electron chi connectivity index (χ0n) is 12.9. The lowest BCUT2D eigenvalue weighted by Crippen LogP contribution is -2.43. The molecule has 1 aliphatic heterocycles. The van der Waals surface area contributed by atoms with Crippen molar-refractivity contribution < 1.29 is 9.59 Å². The van der Waals surface area contributed by atoms with Crippen molar-refractivity contribution in [2.75, 3.05) is 18.4 Å². The van der Waals surface area contributed by atoms with Crippen LogP contribution in [-0.2, 0) is 11.3 Å². The molecule has 0 unspecified atom stereocenters. The first-order chi connectivity index (χ1) is 11.1. The number of imide groups is 1. The minimum absolute atomic E-state index is 0.225. The van der Waals surface area contributed by atoms with Crippen LogP contribution >= 0.6 is 0 Å². The monoisotopic (exact) mass is 313 g/mol. The van der Waals surface area contributed by atoms with E-state index >= 15 is 0 Å². The van der Waals surface area contributed by atoms with Crippen LogP contribution in [-0.4, -0.2) is 45.8 Å². The molecule has 0 saturated carbocycles. The number of hydrogen-bond donors (Lipinski definition) is 2. The molecule has 1 aromatic heterocycles. The number of benzene rings is 1. The molecule has 1 aliphatic rings. The third kappa shape index (κ3) is 3.50. The van der Waals surface area contributed by atoms with Crippen LogP contribution in [0.3, 0.4) is 0 Å². The molecular weight excluding hydrogens is 294 g/mol. The lowest BCUT2D eigenvalue weighted by Gasteiger charge is -2.20. The highest BCUT2D eigenvalue weighted by Crippen LogP contribution is 2.14. The van der Waals surface area contributed by atoms with Crippen LogP contribution in [0.1, 0.15) is 12.5 Å². The van der Waals surface area contributed by atoms with E-state index in [1.165, 1.54) is 4.90 Å². The van der Waals surface area contributed by atoms with Crippen LogP contribution in [0.4, 0.5) is 10.5 Å². The van der Waals surface area contributed by atoms with Crippen LogP contribution in [0.25, 0.3) is 0 Å². The van der Waals surface area contributed by atoms with Gasteiger partial charge >= 0.3 is 6.03 Å². The second-order valence-corrected chi connectivity index (χ2v) is 5.49. The fourth-order valence-corrected chi connectivity index (χ4v) is 2.57. The Morgan fingerprint density at radius 2 is 2.30 bits per heavy atom. The van der Waals surface area contributed by atoms with Crippen LogP contribution in [0.5, 0.6) is 0 Å². The standard InChI is InChI=1S/C16H19N5O2/c1-12(15(22)21-9-7-17-16(21)23)19-14-5-2-4-13(10-14)11-20-8-3-6-18-20/h2-6,8,10,12,19H,7,9,11H2,1H3,(H,17,23)/t12-/m1/s1. The average Bonchev–Trinajstić information content (AvgIpc) is 3.18. The Labute approximate surface area is 134 Å². The lowest BCUT2D eigenvalue weighted by atomic mass is 10.2. The van der Waals surface area contributed by atoms with E-state index in [1.54, 1.807) is 13.1 Å². The molecule has 7 nitrogen and oxygen atoms in total. The van der Waals surface area contributed by atoms with Gasteiger partial charge in [-0.15, -0.1) is 0 Å². The maximum absolute atomic E-state index is 12.3. The molecule has 2 aromatic rings. The molecule has 0 bridgehead atoms. The second kappa shape index (κ2) is 6.51. The first kappa shape index (κ1) is 15.1. The molecule has 1 atom stereocenters. The summed E-state index contributed by atoms with van der Waals surface area (Å²) in [5, 5.41) is 9.97. The number of amides is 3. The summed E-state index contributed by atoms with van der Waals surface area (Å²) in [4.78, 5) is 25.1. The summed E-state index contributed by atoms with van der Waals surface area (Å²) in [5.41, 5.74) is 1.92. The number of hydrogen-bond acceptors (Lipinski definition) is 4. The van der Waals surface area contributed by atoms with Gasteiger partial charge in [-0.25, -0.2) is 4.79 Å². The summed E-state index contributed by atoms with van der Waals surface area (Å²) in [6.07, 6.45) is 3.64. The van der Waals surface area contributed by atoms with Crippen LogP contribution in [0, 0.1) is 0 Å². The van der Waals surface area contributed by atoms with Gasteiger partial charge in [0.1, 0.15) is 6.04 Å². The maximum atomic E-state index is 12.3. The summed E-state index contributed by atoms with van der Waals surface area (Å²) in [6.45, 7) is 3.35. The fraction of sp³-hybridized carbons (Fsp3) is 0.312. The van der Waals surface area contributed by atoms with Crippen molar-refractivity contribution in [3.05, 3.63) is 48.3 Å². The molecule has 0 aliphatic carbocycles. The number of carbonyl (C=O) groups excluding carboxylic acids is 2. The molecule has 1 saturated heterocycles. The number of urea groups is 1. The third-order valence-electron chi connectivity index (χ3n) is 3.71. The van der Waals surface area contributed by atoms with E-state index < -0.39 is 6.04 Å². The SMILES string of the molecule is C[C@@H](Nc1cccc(Cn2cccn2)c1)C(=O)N1CCNC1=O. The van der Waals surface area contributed by atoms with Gasteiger partial charge in [-0.2, -0.15) is 5.10 Å². The molecule has 3 amide bonds. The molecule has 2 N–H and O–H groups in total. The number of carbonyl (C=O) groups is 2. The first-order valence-electron chi connectivity index (χ1n) is 7.55. The zero-order valence-corrected chi connectivity index (χ0v) is 12.9. The highest BCUT2D eigenvalue weighted by molar-refractivity contribution is 5.99. The zero-order chi connectivity index (χ0) is 16.2. The molecule has 23 heavy (non-hydrogen) atoms. The lowest BCUT2D eigenvalue weighted by molar-refractivity contribution is -0.128. The van der Waals surface area contributed by atoms with E-state index in [1.807, 2.05) is 41.2 Å². The normalized spacial score (nSPS) is 15.3. The molecule has 1 fully saturated rings. The van der Waals surface area contributed by atoms with Gasteiger partial charge in [-0.05, 0) is 30.7 Å². The Balaban J connectivity index is 1.65. The predicted octanol–water partition coefficient (Wildman–Crippen LogP) is 1.28. The number of nitrogens with one attached hydrogen (secondary N) is 2. The van der Waals surface area contributed by atoms with Crippen LogP contribution < -0.4 is 10.6 Å². The van der Waals surface area contributed by atoms with E-state index in [0.29, 0.717) is 19.6 Å². The van der Waals surface area contributed by atoms with Gasteiger partial charge < -0.3 is 10.6 Å². The van der Waals surface area contributed by atoms with Crippen molar-refractivity contribution in [1.29, 1.82) is 0 Å². The molecule has 120 valence electrons. The van der Waals surface area contributed by atoms with Gasteiger partial charge in [0.2, 0.25) is 0 Å². The molecule has 7 heteroatoms. The molecule has 0 spiro atoms. The van der Waals surface area contributed by atoms with E-state index in [9.17, 15) is 9.59 Å². The summed E-state index contributed by atoms with van der Waals surface area (Å²) in [7, 11) is 0. The average molecular weight is 313 g/mol. The van der Waals surface area contributed by atoms with Gasteiger partial charge in [0, 0.05) is 31.2 Å². The first-order valence-corrected chi connectivity index (χ1v) is 7.55.